The third kappa shape index (κ3) is 4.14. The van der Waals surface area contributed by atoms with Crippen LogP contribution in [0.5, 0.6) is 11.5 Å². The molecule has 5 nitrogen and oxygen atoms in total. The van der Waals surface area contributed by atoms with E-state index in [-0.39, 0.29) is 11.4 Å². The molecule has 0 aromatic heterocycles. The van der Waals surface area contributed by atoms with Crippen LogP contribution < -0.4 is 14.8 Å². The van der Waals surface area contributed by atoms with Crippen LogP contribution in [0.4, 0.5) is 0 Å². The van der Waals surface area contributed by atoms with Crippen LogP contribution in [0.15, 0.2) is 18.2 Å². The zero-order valence-electron chi connectivity index (χ0n) is 16.2. The number of hydrogen-bond acceptors (Lipinski definition) is 4. The molecule has 1 saturated heterocycles. The topological polar surface area (TPSA) is 50.8 Å². The number of nitrogens with zero attached hydrogens (tertiary/aromatic N) is 1. The van der Waals surface area contributed by atoms with Gasteiger partial charge >= 0.3 is 0 Å². The van der Waals surface area contributed by atoms with Gasteiger partial charge in [-0.15, -0.1) is 0 Å². The van der Waals surface area contributed by atoms with Crippen molar-refractivity contribution >= 4 is 5.91 Å². The van der Waals surface area contributed by atoms with E-state index in [0.29, 0.717) is 17.1 Å². The molecule has 0 bridgehead atoms. The molecule has 2 aliphatic rings. The van der Waals surface area contributed by atoms with Gasteiger partial charge in [0.2, 0.25) is 0 Å². The van der Waals surface area contributed by atoms with E-state index in [2.05, 4.69) is 10.2 Å². The number of rotatable bonds is 6. The minimum atomic E-state index is -0.0635. The average molecular weight is 360 g/mol. The second-order valence-corrected chi connectivity index (χ2v) is 7.58. The first-order valence-electron chi connectivity index (χ1n) is 9.94. The number of likely N-dealkylation sites (tertiary alicyclic amines) is 1. The molecule has 1 aliphatic carbocycles. The van der Waals surface area contributed by atoms with Crippen molar-refractivity contribution in [3.63, 3.8) is 0 Å². The Kier molecular flexibility index (Phi) is 6.41. The lowest BCUT2D eigenvalue weighted by molar-refractivity contribution is 0.0326. The maximum absolute atomic E-state index is 12.8. The van der Waals surface area contributed by atoms with Crippen LogP contribution in [-0.4, -0.2) is 50.2 Å². The summed E-state index contributed by atoms with van der Waals surface area (Å²) in [6.45, 7) is 3.06. The Morgan fingerprint density at radius 2 is 1.73 bits per heavy atom. The van der Waals surface area contributed by atoms with Crippen LogP contribution >= 0.6 is 0 Å². The Balaban J connectivity index is 1.71. The maximum atomic E-state index is 12.8. The predicted molar refractivity (Wildman–Crippen MR) is 103 cm³/mol. The Bertz CT molecular complexity index is 605. The summed E-state index contributed by atoms with van der Waals surface area (Å²) in [7, 11) is 3.20. The number of amides is 1. The summed E-state index contributed by atoms with van der Waals surface area (Å²) in [4.78, 5) is 15.5. The average Bonchev–Trinajstić information content (AvgIpc) is 2.72. The lowest BCUT2D eigenvalue weighted by atomic mass is 9.79. The first-order valence-corrected chi connectivity index (χ1v) is 9.94. The van der Waals surface area contributed by atoms with Crippen molar-refractivity contribution < 1.29 is 14.3 Å². The van der Waals surface area contributed by atoms with Gasteiger partial charge in [0.15, 0.2) is 0 Å². The smallest absolute Gasteiger partial charge is 0.255 e. The number of carbonyl (C=O) groups excluding carboxylic acids is 1. The lowest BCUT2D eigenvalue weighted by Gasteiger charge is -2.48. The van der Waals surface area contributed by atoms with Gasteiger partial charge in [0.1, 0.15) is 11.5 Å². The Labute approximate surface area is 157 Å². The minimum absolute atomic E-state index is 0.0635. The van der Waals surface area contributed by atoms with Gasteiger partial charge in [0.25, 0.3) is 5.91 Å². The molecule has 1 heterocycles. The highest BCUT2D eigenvalue weighted by molar-refractivity contribution is 5.97. The van der Waals surface area contributed by atoms with Crippen molar-refractivity contribution in [3.05, 3.63) is 23.8 Å². The number of piperidine rings is 1. The highest BCUT2D eigenvalue weighted by Gasteiger charge is 2.38. The predicted octanol–water partition coefficient (Wildman–Crippen LogP) is 3.62. The number of methoxy groups -OCH3 is 2. The van der Waals surface area contributed by atoms with Crippen LogP contribution in [0, 0.1) is 0 Å². The SMILES string of the molecule is COc1ccc(C(=O)NCC2(N3CCCCC3)CCCCC2)c(OC)c1. The fourth-order valence-corrected chi connectivity index (χ4v) is 4.51. The molecule has 1 amide bonds. The molecule has 1 N–H and O–H groups in total. The first kappa shape index (κ1) is 19.0. The largest absolute Gasteiger partial charge is 0.497 e. The molecule has 0 spiro atoms. The summed E-state index contributed by atoms with van der Waals surface area (Å²) < 4.78 is 10.6. The van der Waals surface area contributed by atoms with Gasteiger partial charge < -0.3 is 14.8 Å². The van der Waals surface area contributed by atoms with E-state index in [9.17, 15) is 4.79 Å². The van der Waals surface area contributed by atoms with Gasteiger partial charge in [0.05, 0.1) is 19.8 Å². The summed E-state index contributed by atoms with van der Waals surface area (Å²) in [6.07, 6.45) is 10.1. The third-order valence-corrected chi connectivity index (χ3v) is 6.04. The monoisotopic (exact) mass is 360 g/mol. The molecular formula is C21H32N2O3. The van der Waals surface area contributed by atoms with Crippen LogP contribution in [0.1, 0.15) is 61.7 Å². The van der Waals surface area contributed by atoms with Crippen molar-refractivity contribution in [1.82, 2.24) is 10.2 Å². The van der Waals surface area contributed by atoms with Gasteiger partial charge in [-0.25, -0.2) is 0 Å². The van der Waals surface area contributed by atoms with Gasteiger partial charge in [-0.2, -0.15) is 0 Å². The van der Waals surface area contributed by atoms with E-state index in [0.717, 1.165) is 6.54 Å². The Morgan fingerprint density at radius 1 is 1.04 bits per heavy atom. The first-order chi connectivity index (χ1) is 12.7. The summed E-state index contributed by atoms with van der Waals surface area (Å²) in [6, 6.07) is 5.34. The summed E-state index contributed by atoms with van der Waals surface area (Å²) in [5.41, 5.74) is 0.700. The Hall–Kier alpha value is -1.75. The fraction of sp³-hybridized carbons (Fsp3) is 0.667. The molecule has 1 aliphatic heterocycles. The van der Waals surface area contributed by atoms with E-state index in [1.165, 1.54) is 64.5 Å². The molecule has 1 saturated carbocycles. The van der Waals surface area contributed by atoms with E-state index < -0.39 is 0 Å². The highest BCUT2D eigenvalue weighted by atomic mass is 16.5. The van der Waals surface area contributed by atoms with Gasteiger partial charge in [-0.05, 0) is 50.9 Å². The molecule has 3 rings (SSSR count). The van der Waals surface area contributed by atoms with E-state index >= 15 is 0 Å². The molecule has 5 heteroatoms. The second-order valence-electron chi connectivity index (χ2n) is 7.58. The summed E-state index contributed by atoms with van der Waals surface area (Å²) in [5.74, 6) is 1.18. The fourth-order valence-electron chi connectivity index (χ4n) is 4.51. The van der Waals surface area contributed by atoms with Crippen molar-refractivity contribution in [2.75, 3.05) is 33.9 Å². The van der Waals surface area contributed by atoms with Crippen LogP contribution in [0.3, 0.4) is 0 Å². The van der Waals surface area contributed by atoms with E-state index in [1.807, 2.05) is 0 Å². The molecule has 1 aromatic rings. The number of benzene rings is 1. The highest BCUT2D eigenvalue weighted by Crippen LogP contribution is 2.35. The second kappa shape index (κ2) is 8.76. The molecule has 26 heavy (non-hydrogen) atoms. The molecule has 2 fully saturated rings. The van der Waals surface area contributed by atoms with Crippen LogP contribution in [-0.2, 0) is 0 Å². The number of ether oxygens (including phenoxy) is 2. The molecule has 0 atom stereocenters. The maximum Gasteiger partial charge on any atom is 0.255 e. The third-order valence-electron chi connectivity index (χ3n) is 6.04. The normalized spacial score (nSPS) is 20.4. The van der Waals surface area contributed by atoms with Crippen molar-refractivity contribution in [3.8, 4) is 11.5 Å². The molecular weight excluding hydrogens is 328 g/mol. The van der Waals surface area contributed by atoms with Crippen molar-refractivity contribution in [1.29, 1.82) is 0 Å². The zero-order valence-corrected chi connectivity index (χ0v) is 16.2. The van der Waals surface area contributed by atoms with E-state index in [1.54, 1.807) is 32.4 Å². The molecule has 144 valence electrons. The quantitative estimate of drug-likeness (QED) is 0.842. The standard InChI is InChI=1S/C21H32N2O3/c1-25-17-9-10-18(19(15-17)26-2)20(24)22-16-21(11-5-3-6-12-21)23-13-7-4-8-14-23/h9-10,15H,3-8,11-14,16H2,1-2H3,(H,22,24). The molecule has 0 radical (unpaired) electrons. The van der Waals surface area contributed by atoms with Gasteiger partial charge in [-0.3, -0.25) is 9.69 Å². The Morgan fingerprint density at radius 3 is 2.38 bits per heavy atom. The number of hydrogen-bond donors (Lipinski definition) is 1. The van der Waals surface area contributed by atoms with E-state index in [4.69, 9.17) is 9.47 Å². The van der Waals surface area contributed by atoms with Crippen LogP contribution in [0.2, 0.25) is 0 Å². The summed E-state index contributed by atoms with van der Waals surface area (Å²) in [5, 5.41) is 3.22. The van der Waals surface area contributed by atoms with Crippen molar-refractivity contribution in [2.45, 2.75) is 56.9 Å². The van der Waals surface area contributed by atoms with Crippen molar-refractivity contribution in [2.24, 2.45) is 0 Å². The van der Waals surface area contributed by atoms with Gasteiger partial charge in [-0.1, -0.05) is 25.7 Å². The summed E-state index contributed by atoms with van der Waals surface area (Å²) >= 11 is 0. The molecule has 1 aromatic carbocycles. The van der Waals surface area contributed by atoms with Gasteiger partial charge in [0, 0.05) is 18.2 Å². The number of carbonyl (C=O) groups is 1. The number of nitrogens with one attached hydrogen (secondary N) is 1. The zero-order chi connectivity index (χ0) is 18.4. The molecule has 0 unspecified atom stereocenters. The lowest BCUT2D eigenvalue weighted by Crippen LogP contribution is -2.58. The van der Waals surface area contributed by atoms with Crippen LogP contribution in [0.25, 0.3) is 0 Å². The minimum Gasteiger partial charge on any atom is -0.497 e.